The summed E-state index contributed by atoms with van der Waals surface area (Å²) in [7, 11) is 0. The van der Waals surface area contributed by atoms with Crippen molar-refractivity contribution in [2.45, 2.75) is 64.1 Å². The summed E-state index contributed by atoms with van der Waals surface area (Å²) in [5.74, 6) is -5.76. The molecule has 0 aromatic heterocycles. The summed E-state index contributed by atoms with van der Waals surface area (Å²) in [4.78, 5) is 24.7. The van der Waals surface area contributed by atoms with E-state index in [0.717, 1.165) is 0 Å². The van der Waals surface area contributed by atoms with E-state index in [1.54, 1.807) is 20.8 Å². The first-order chi connectivity index (χ1) is 10.4. The van der Waals surface area contributed by atoms with Crippen molar-refractivity contribution in [1.29, 1.82) is 0 Å². The summed E-state index contributed by atoms with van der Waals surface area (Å²) < 4.78 is 37.9. The summed E-state index contributed by atoms with van der Waals surface area (Å²) in [5, 5.41) is 10.3. The molecule has 1 heterocycles. The number of carbonyl (C=O) groups excluding carboxylic acids is 2. The molecule has 1 atom stereocenters. The second kappa shape index (κ2) is 6.98. The molecule has 1 fully saturated rings. The van der Waals surface area contributed by atoms with Crippen LogP contribution in [0.2, 0.25) is 0 Å². The van der Waals surface area contributed by atoms with Gasteiger partial charge in [0.25, 0.3) is 0 Å². The van der Waals surface area contributed by atoms with Gasteiger partial charge in [-0.15, -0.1) is 0 Å². The lowest BCUT2D eigenvalue weighted by molar-refractivity contribution is -0.216. The third kappa shape index (κ3) is 4.76. The molecule has 1 aliphatic heterocycles. The smallest absolute Gasteiger partial charge is 0.410 e. The van der Waals surface area contributed by atoms with Gasteiger partial charge in [0, 0.05) is 19.5 Å². The molecule has 1 unspecified atom stereocenters. The molecule has 0 aliphatic carbocycles. The number of carbonyl (C=O) groups is 2. The van der Waals surface area contributed by atoms with Gasteiger partial charge in [-0.3, -0.25) is 0 Å². The fourth-order valence-electron chi connectivity index (χ4n) is 2.35. The largest absolute Gasteiger partial charge is 0.461 e. The lowest BCUT2D eigenvalue weighted by Crippen LogP contribution is -2.54. The Morgan fingerprint density at radius 3 is 2.35 bits per heavy atom. The Morgan fingerprint density at radius 1 is 1.22 bits per heavy atom. The Morgan fingerprint density at radius 2 is 1.83 bits per heavy atom. The lowest BCUT2D eigenvalue weighted by atomic mass is 9.87. The summed E-state index contributed by atoms with van der Waals surface area (Å²) in [5.41, 5.74) is -3.23. The van der Waals surface area contributed by atoms with Crippen molar-refractivity contribution in [3.8, 4) is 0 Å². The number of ether oxygens (including phenoxy) is 2. The van der Waals surface area contributed by atoms with Crippen LogP contribution < -0.4 is 0 Å². The molecule has 134 valence electrons. The average molecular weight is 337 g/mol. The number of amides is 1. The topological polar surface area (TPSA) is 76.1 Å². The Kier molecular flexibility index (Phi) is 5.95. The van der Waals surface area contributed by atoms with Crippen LogP contribution in [0.5, 0.6) is 0 Å². The third-order valence-electron chi connectivity index (χ3n) is 3.58. The molecule has 0 saturated carbocycles. The summed E-state index contributed by atoms with van der Waals surface area (Å²) >= 11 is 0. The van der Waals surface area contributed by atoms with Gasteiger partial charge in [-0.25, -0.2) is 9.59 Å². The van der Waals surface area contributed by atoms with E-state index >= 15 is 0 Å². The highest BCUT2D eigenvalue weighted by Gasteiger charge is 2.59. The van der Waals surface area contributed by atoms with Gasteiger partial charge in [-0.2, -0.15) is 8.78 Å². The van der Waals surface area contributed by atoms with Crippen LogP contribution in [-0.4, -0.2) is 58.9 Å². The minimum Gasteiger partial charge on any atom is -0.461 e. The van der Waals surface area contributed by atoms with E-state index < -0.39 is 35.6 Å². The van der Waals surface area contributed by atoms with E-state index in [0.29, 0.717) is 0 Å². The zero-order valence-corrected chi connectivity index (χ0v) is 14.0. The van der Waals surface area contributed by atoms with Gasteiger partial charge >= 0.3 is 18.0 Å². The number of alkyl halides is 2. The van der Waals surface area contributed by atoms with Crippen LogP contribution in [0, 0.1) is 0 Å². The van der Waals surface area contributed by atoms with Crippen LogP contribution in [0.3, 0.4) is 0 Å². The maximum absolute atomic E-state index is 14.2. The monoisotopic (exact) mass is 337 g/mol. The Hall–Kier alpha value is -1.44. The molecule has 1 saturated heterocycles. The Labute approximate surface area is 134 Å². The van der Waals surface area contributed by atoms with Crippen LogP contribution in [0.4, 0.5) is 13.6 Å². The summed E-state index contributed by atoms with van der Waals surface area (Å²) in [6.45, 7) is 6.37. The number of nitrogens with zero attached hydrogens (tertiary/aromatic N) is 1. The lowest BCUT2D eigenvalue weighted by Gasteiger charge is -2.33. The van der Waals surface area contributed by atoms with Gasteiger partial charge in [0.05, 0.1) is 6.61 Å². The SMILES string of the molecule is CCOC(=O)C(F)(F)C1(O)CCCN(C(=O)OC(C)(C)C)CC1. The second-order valence-electron chi connectivity index (χ2n) is 6.65. The fourth-order valence-corrected chi connectivity index (χ4v) is 2.35. The molecule has 23 heavy (non-hydrogen) atoms. The normalized spacial score (nSPS) is 23.2. The quantitative estimate of drug-likeness (QED) is 0.800. The number of esters is 1. The molecule has 0 aromatic carbocycles. The van der Waals surface area contributed by atoms with Crippen molar-refractivity contribution in [3.05, 3.63) is 0 Å². The third-order valence-corrected chi connectivity index (χ3v) is 3.58. The highest BCUT2D eigenvalue weighted by Crippen LogP contribution is 2.38. The van der Waals surface area contributed by atoms with Crippen molar-refractivity contribution >= 4 is 12.1 Å². The molecule has 1 aliphatic rings. The minimum absolute atomic E-state index is 0.125. The van der Waals surface area contributed by atoms with Crippen molar-refractivity contribution < 1.29 is 33.0 Å². The molecule has 8 heteroatoms. The second-order valence-corrected chi connectivity index (χ2v) is 6.65. The first-order valence-electron chi connectivity index (χ1n) is 7.68. The highest BCUT2D eigenvalue weighted by atomic mass is 19.3. The number of rotatable bonds is 3. The van der Waals surface area contributed by atoms with E-state index in [9.17, 15) is 23.5 Å². The molecular weight excluding hydrogens is 312 g/mol. The predicted molar refractivity (Wildman–Crippen MR) is 78.2 cm³/mol. The molecular formula is C15H25F2NO5. The molecule has 1 amide bonds. The first-order valence-corrected chi connectivity index (χ1v) is 7.68. The van der Waals surface area contributed by atoms with Crippen molar-refractivity contribution in [2.75, 3.05) is 19.7 Å². The van der Waals surface area contributed by atoms with E-state index in [2.05, 4.69) is 4.74 Å². The number of hydrogen-bond donors (Lipinski definition) is 1. The molecule has 6 nitrogen and oxygen atoms in total. The average Bonchev–Trinajstić information content (AvgIpc) is 2.60. The van der Waals surface area contributed by atoms with E-state index in [1.807, 2.05) is 0 Å². The zero-order chi connectivity index (χ0) is 17.9. The van der Waals surface area contributed by atoms with Crippen LogP contribution in [0.15, 0.2) is 0 Å². The van der Waals surface area contributed by atoms with E-state index in [4.69, 9.17) is 4.74 Å². The van der Waals surface area contributed by atoms with Crippen molar-refractivity contribution in [2.24, 2.45) is 0 Å². The van der Waals surface area contributed by atoms with Gasteiger partial charge < -0.3 is 19.5 Å². The maximum atomic E-state index is 14.2. The number of halogens is 2. The van der Waals surface area contributed by atoms with Gasteiger partial charge in [0.1, 0.15) is 11.2 Å². The number of hydrogen-bond acceptors (Lipinski definition) is 5. The summed E-state index contributed by atoms with van der Waals surface area (Å²) in [6, 6.07) is 0. The zero-order valence-electron chi connectivity index (χ0n) is 14.0. The van der Waals surface area contributed by atoms with E-state index in [1.165, 1.54) is 11.8 Å². The van der Waals surface area contributed by atoms with Gasteiger partial charge in [-0.1, -0.05) is 0 Å². The number of aliphatic hydroxyl groups is 1. The molecule has 1 N–H and O–H groups in total. The molecule has 0 radical (unpaired) electrons. The highest BCUT2D eigenvalue weighted by molar-refractivity contribution is 5.79. The van der Waals surface area contributed by atoms with Gasteiger partial charge in [-0.05, 0) is 40.5 Å². The molecule has 1 rings (SSSR count). The van der Waals surface area contributed by atoms with Crippen LogP contribution in [0.25, 0.3) is 0 Å². The van der Waals surface area contributed by atoms with Gasteiger partial charge in [0.2, 0.25) is 0 Å². The Bertz CT molecular complexity index is 450. The van der Waals surface area contributed by atoms with Crippen molar-refractivity contribution in [1.82, 2.24) is 4.90 Å². The van der Waals surface area contributed by atoms with Gasteiger partial charge in [0.15, 0.2) is 0 Å². The fraction of sp³-hybridized carbons (Fsp3) is 0.867. The standard InChI is InChI=1S/C15H25F2NO5/c1-5-22-11(19)15(16,17)14(21)7-6-9-18(10-8-14)12(20)23-13(2,3)4/h21H,5-10H2,1-4H3. The molecule has 0 bridgehead atoms. The number of likely N-dealkylation sites (tertiary alicyclic amines) is 1. The predicted octanol–water partition coefficient (Wildman–Crippen LogP) is 2.34. The Balaban J connectivity index is 2.81. The van der Waals surface area contributed by atoms with Crippen LogP contribution in [0.1, 0.15) is 47.0 Å². The maximum Gasteiger partial charge on any atom is 0.410 e. The summed E-state index contributed by atoms with van der Waals surface area (Å²) in [6.07, 6.45) is -1.23. The van der Waals surface area contributed by atoms with Crippen LogP contribution >= 0.6 is 0 Å². The molecule has 0 aromatic rings. The first kappa shape index (κ1) is 19.6. The minimum atomic E-state index is -4.02. The van der Waals surface area contributed by atoms with Crippen LogP contribution in [-0.2, 0) is 14.3 Å². The van der Waals surface area contributed by atoms with Crippen molar-refractivity contribution in [3.63, 3.8) is 0 Å². The molecule has 0 spiro atoms. The van der Waals surface area contributed by atoms with E-state index in [-0.39, 0.29) is 32.5 Å².